The number of ether oxygens (including phenoxy) is 1. The predicted molar refractivity (Wildman–Crippen MR) is 99.4 cm³/mol. The summed E-state index contributed by atoms with van der Waals surface area (Å²) in [5.74, 6) is -0.897. The molecule has 2 aromatic carbocycles. The Morgan fingerprint density at radius 2 is 1.80 bits per heavy atom. The molecule has 0 aliphatic carbocycles. The third kappa shape index (κ3) is 5.36. The molecule has 0 aromatic heterocycles. The van der Waals surface area contributed by atoms with E-state index in [1.54, 1.807) is 37.3 Å². The normalized spacial score (nSPS) is 11.7. The number of hydrogen-bond acceptors (Lipinski definition) is 3. The van der Waals surface area contributed by atoms with Gasteiger partial charge in [-0.15, -0.1) is 0 Å². The SMILES string of the molecule is CCOC(=O)C[C@H](NC(=O)c1cc(Cl)ccc1Cl)c1ccccc1Cl. The molecule has 0 unspecified atom stereocenters. The molecule has 0 saturated heterocycles. The smallest absolute Gasteiger partial charge is 0.308 e. The quantitative estimate of drug-likeness (QED) is 0.689. The number of halogens is 3. The highest BCUT2D eigenvalue weighted by Gasteiger charge is 2.23. The predicted octanol–water partition coefficient (Wildman–Crippen LogP) is 5.07. The number of nitrogens with one attached hydrogen (secondary N) is 1. The highest BCUT2D eigenvalue weighted by molar-refractivity contribution is 6.35. The lowest BCUT2D eigenvalue weighted by molar-refractivity contribution is -0.143. The molecule has 1 N–H and O–H groups in total. The van der Waals surface area contributed by atoms with Crippen LogP contribution in [0.25, 0.3) is 0 Å². The number of esters is 1. The molecule has 0 bridgehead atoms. The first kappa shape index (κ1) is 19.6. The summed E-state index contributed by atoms with van der Waals surface area (Å²) >= 11 is 18.2. The maximum atomic E-state index is 12.6. The van der Waals surface area contributed by atoms with E-state index < -0.39 is 17.9 Å². The van der Waals surface area contributed by atoms with Crippen LogP contribution in [0, 0.1) is 0 Å². The molecule has 0 saturated carbocycles. The molecule has 0 heterocycles. The number of carbonyl (C=O) groups is 2. The van der Waals surface area contributed by atoms with Crippen molar-refractivity contribution in [2.24, 2.45) is 0 Å². The molecular formula is C18H16Cl3NO3. The zero-order valence-corrected chi connectivity index (χ0v) is 15.7. The van der Waals surface area contributed by atoms with Crippen LogP contribution >= 0.6 is 34.8 Å². The van der Waals surface area contributed by atoms with Crippen LogP contribution in [0.4, 0.5) is 0 Å². The van der Waals surface area contributed by atoms with Gasteiger partial charge in [0, 0.05) is 10.0 Å². The van der Waals surface area contributed by atoms with Crippen molar-refractivity contribution in [1.82, 2.24) is 5.32 Å². The van der Waals surface area contributed by atoms with Crippen molar-refractivity contribution in [2.75, 3.05) is 6.61 Å². The molecule has 7 heteroatoms. The highest BCUT2D eigenvalue weighted by atomic mass is 35.5. The summed E-state index contributed by atoms with van der Waals surface area (Å²) in [6.45, 7) is 1.97. The fourth-order valence-corrected chi connectivity index (χ4v) is 2.93. The van der Waals surface area contributed by atoms with Gasteiger partial charge in [-0.3, -0.25) is 9.59 Å². The monoisotopic (exact) mass is 399 g/mol. The first-order valence-electron chi connectivity index (χ1n) is 7.58. The summed E-state index contributed by atoms with van der Waals surface area (Å²) in [7, 11) is 0. The topological polar surface area (TPSA) is 55.4 Å². The van der Waals surface area contributed by atoms with Crippen molar-refractivity contribution in [3.05, 3.63) is 68.7 Å². The zero-order valence-electron chi connectivity index (χ0n) is 13.4. The summed E-state index contributed by atoms with van der Waals surface area (Å²) in [5.41, 5.74) is 0.832. The molecule has 25 heavy (non-hydrogen) atoms. The van der Waals surface area contributed by atoms with Crippen LogP contribution in [-0.2, 0) is 9.53 Å². The second kappa shape index (κ2) is 9.09. The number of benzene rings is 2. The lowest BCUT2D eigenvalue weighted by Gasteiger charge is -2.20. The Morgan fingerprint density at radius 1 is 1.08 bits per heavy atom. The molecule has 0 spiro atoms. The Kier molecular flexibility index (Phi) is 7.12. The lowest BCUT2D eigenvalue weighted by Crippen LogP contribution is -2.31. The summed E-state index contributed by atoms with van der Waals surface area (Å²) in [6.07, 6.45) is -0.0541. The Labute approximate surface area is 161 Å². The van der Waals surface area contributed by atoms with E-state index in [1.807, 2.05) is 0 Å². The molecule has 0 aliphatic rings. The zero-order chi connectivity index (χ0) is 18.4. The second-order valence-corrected chi connectivity index (χ2v) is 6.43. The standard InChI is InChI=1S/C18H16Cl3NO3/c1-2-25-17(23)10-16(12-5-3-4-6-14(12)20)22-18(24)13-9-11(19)7-8-15(13)21/h3-9,16H,2,10H2,1H3,(H,22,24)/t16-/m0/s1. The molecule has 4 nitrogen and oxygen atoms in total. The largest absolute Gasteiger partial charge is 0.466 e. The molecule has 1 amide bonds. The van der Waals surface area contributed by atoms with Crippen LogP contribution < -0.4 is 5.32 Å². The number of carbonyl (C=O) groups excluding carboxylic acids is 2. The van der Waals surface area contributed by atoms with Gasteiger partial charge in [0.2, 0.25) is 0 Å². The Morgan fingerprint density at radius 3 is 2.48 bits per heavy atom. The summed E-state index contributed by atoms with van der Waals surface area (Å²) < 4.78 is 4.98. The van der Waals surface area contributed by atoms with E-state index in [-0.39, 0.29) is 23.6 Å². The minimum absolute atomic E-state index is 0.0541. The van der Waals surface area contributed by atoms with E-state index in [1.165, 1.54) is 12.1 Å². The van der Waals surface area contributed by atoms with Crippen LogP contribution in [0.3, 0.4) is 0 Å². The average molecular weight is 401 g/mol. The molecule has 0 fully saturated rings. The third-order valence-corrected chi connectivity index (χ3v) is 4.34. The van der Waals surface area contributed by atoms with Crippen molar-refractivity contribution in [3.8, 4) is 0 Å². The van der Waals surface area contributed by atoms with Crippen molar-refractivity contribution >= 4 is 46.7 Å². The second-order valence-electron chi connectivity index (χ2n) is 5.18. The molecule has 2 rings (SSSR count). The Hall–Kier alpha value is -1.75. The van der Waals surface area contributed by atoms with Gasteiger partial charge in [0.1, 0.15) is 0 Å². The maximum absolute atomic E-state index is 12.6. The molecule has 0 aliphatic heterocycles. The van der Waals surface area contributed by atoms with E-state index >= 15 is 0 Å². The van der Waals surface area contributed by atoms with Crippen LogP contribution in [0.15, 0.2) is 42.5 Å². The van der Waals surface area contributed by atoms with E-state index in [2.05, 4.69) is 5.32 Å². The van der Waals surface area contributed by atoms with Crippen molar-refractivity contribution in [2.45, 2.75) is 19.4 Å². The third-order valence-electron chi connectivity index (χ3n) is 3.44. The van der Waals surface area contributed by atoms with Gasteiger partial charge in [0.05, 0.1) is 29.7 Å². The van der Waals surface area contributed by atoms with Crippen LogP contribution in [0.1, 0.15) is 35.3 Å². The summed E-state index contributed by atoms with van der Waals surface area (Å²) in [5, 5.41) is 3.86. The van der Waals surface area contributed by atoms with E-state index in [0.29, 0.717) is 15.6 Å². The van der Waals surface area contributed by atoms with Gasteiger partial charge in [-0.25, -0.2) is 0 Å². The number of amides is 1. The minimum Gasteiger partial charge on any atom is -0.466 e. The summed E-state index contributed by atoms with van der Waals surface area (Å²) in [4.78, 5) is 24.5. The van der Waals surface area contributed by atoms with Gasteiger partial charge in [0.15, 0.2) is 0 Å². The van der Waals surface area contributed by atoms with E-state index in [0.717, 1.165) is 0 Å². The molecular weight excluding hydrogens is 385 g/mol. The van der Waals surface area contributed by atoms with Crippen LogP contribution in [0.2, 0.25) is 15.1 Å². The van der Waals surface area contributed by atoms with Gasteiger partial charge >= 0.3 is 5.97 Å². The van der Waals surface area contributed by atoms with Crippen molar-refractivity contribution in [1.29, 1.82) is 0 Å². The Bertz CT molecular complexity index is 780. The van der Waals surface area contributed by atoms with Crippen molar-refractivity contribution in [3.63, 3.8) is 0 Å². The van der Waals surface area contributed by atoms with Crippen molar-refractivity contribution < 1.29 is 14.3 Å². The van der Waals surface area contributed by atoms with Crippen LogP contribution in [-0.4, -0.2) is 18.5 Å². The highest BCUT2D eigenvalue weighted by Crippen LogP contribution is 2.27. The fourth-order valence-electron chi connectivity index (χ4n) is 2.29. The van der Waals surface area contributed by atoms with Gasteiger partial charge in [-0.05, 0) is 36.8 Å². The Balaban J connectivity index is 2.29. The van der Waals surface area contributed by atoms with Crippen LogP contribution in [0.5, 0.6) is 0 Å². The van der Waals surface area contributed by atoms with Gasteiger partial charge in [-0.1, -0.05) is 53.0 Å². The van der Waals surface area contributed by atoms with Gasteiger partial charge in [-0.2, -0.15) is 0 Å². The first-order valence-corrected chi connectivity index (χ1v) is 8.71. The summed E-state index contributed by atoms with van der Waals surface area (Å²) in [6, 6.07) is 10.9. The molecule has 0 radical (unpaired) electrons. The minimum atomic E-state index is -0.657. The molecule has 2 aromatic rings. The lowest BCUT2D eigenvalue weighted by atomic mass is 10.0. The van der Waals surface area contributed by atoms with E-state index in [4.69, 9.17) is 39.5 Å². The first-order chi connectivity index (χ1) is 11.9. The molecule has 1 atom stereocenters. The molecule has 132 valence electrons. The van der Waals surface area contributed by atoms with Gasteiger partial charge < -0.3 is 10.1 Å². The number of hydrogen-bond donors (Lipinski definition) is 1. The van der Waals surface area contributed by atoms with E-state index in [9.17, 15) is 9.59 Å². The fraction of sp³-hybridized carbons (Fsp3) is 0.222. The van der Waals surface area contributed by atoms with Gasteiger partial charge in [0.25, 0.3) is 5.91 Å². The maximum Gasteiger partial charge on any atom is 0.308 e. The average Bonchev–Trinajstić information content (AvgIpc) is 2.57. The number of rotatable bonds is 6.